The molecule has 0 spiro atoms. The van der Waals surface area contributed by atoms with Gasteiger partial charge in [0, 0.05) is 24.9 Å². The van der Waals surface area contributed by atoms with E-state index in [1.165, 1.54) is 4.90 Å². The lowest BCUT2D eigenvalue weighted by Gasteiger charge is -2.29. The second-order valence-electron chi connectivity index (χ2n) is 6.29. The fourth-order valence-corrected chi connectivity index (χ4v) is 2.33. The Kier molecular flexibility index (Phi) is 3.83. The highest BCUT2D eigenvalue weighted by atomic mass is 16.4. The largest absolute Gasteiger partial charge is 0.465 e. The maximum Gasteiger partial charge on any atom is 0.407 e. The Bertz CT molecular complexity index is 440. The molecule has 0 unspecified atom stereocenters. The molecule has 1 aromatic rings. The maximum atomic E-state index is 10.8. The van der Waals surface area contributed by atoms with Gasteiger partial charge in [-0.15, -0.1) is 0 Å². The van der Waals surface area contributed by atoms with Crippen molar-refractivity contribution in [3.05, 3.63) is 17.8 Å². The fourth-order valence-electron chi connectivity index (χ4n) is 2.33. The first-order valence-corrected chi connectivity index (χ1v) is 6.79. The summed E-state index contributed by atoms with van der Waals surface area (Å²) in [4.78, 5) is 16.6. The molecule has 5 heteroatoms. The van der Waals surface area contributed by atoms with Gasteiger partial charge >= 0.3 is 6.09 Å². The number of rotatable bonds is 2. The minimum Gasteiger partial charge on any atom is -0.465 e. The number of oxazole rings is 1. The molecule has 1 aromatic heterocycles. The van der Waals surface area contributed by atoms with Gasteiger partial charge in [-0.05, 0) is 18.8 Å². The minimum absolute atomic E-state index is 0.0160. The Balaban J connectivity index is 1.89. The van der Waals surface area contributed by atoms with E-state index in [9.17, 15) is 4.79 Å². The van der Waals surface area contributed by atoms with Crippen LogP contribution in [-0.2, 0) is 11.8 Å². The van der Waals surface area contributed by atoms with Crippen LogP contribution in [0.15, 0.2) is 10.6 Å². The number of aromatic nitrogens is 1. The van der Waals surface area contributed by atoms with Crippen molar-refractivity contribution in [1.82, 2.24) is 9.88 Å². The Hall–Kier alpha value is -1.52. The number of nitrogens with zero attached hydrogens (tertiary/aromatic N) is 2. The third-order valence-corrected chi connectivity index (χ3v) is 3.64. The van der Waals surface area contributed by atoms with E-state index in [-0.39, 0.29) is 5.41 Å². The van der Waals surface area contributed by atoms with Gasteiger partial charge in [0.05, 0.1) is 6.20 Å². The predicted octanol–water partition coefficient (Wildman–Crippen LogP) is 2.90. The van der Waals surface area contributed by atoms with E-state index in [1.807, 2.05) is 6.20 Å². The Morgan fingerprint density at radius 1 is 1.47 bits per heavy atom. The van der Waals surface area contributed by atoms with Crippen molar-refractivity contribution < 1.29 is 14.3 Å². The first kappa shape index (κ1) is 13.9. The summed E-state index contributed by atoms with van der Waals surface area (Å²) in [6.07, 6.45) is 3.58. The molecule has 5 nitrogen and oxygen atoms in total. The van der Waals surface area contributed by atoms with Crippen LogP contribution in [0.5, 0.6) is 0 Å². The second-order valence-corrected chi connectivity index (χ2v) is 6.29. The SMILES string of the molecule is CC(C)(C)c1cnc(CC2CCN(C(=O)O)CC2)o1. The molecule has 0 radical (unpaired) electrons. The molecule has 0 bridgehead atoms. The van der Waals surface area contributed by atoms with Crippen LogP contribution in [0.25, 0.3) is 0 Å². The molecule has 1 N–H and O–H groups in total. The monoisotopic (exact) mass is 266 g/mol. The van der Waals surface area contributed by atoms with Gasteiger partial charge in [-0.1, -0.05) is 20.8 Å². The number of piperidine rings is 1. The molecule has 1 amide bonds. The molecule has 0 aliphatic carbocycles. The van der Waals surface area contributed by atoms with E-state index in [0.717, 1.165) is 30.9 Å². The van der Waals surface area contributed by atoms with E-state index in [4.69, 9.17) is 9.52 Å². The van der Waals surface area contributed by atoms with E-state index in [2.05, 4.69) is 25.8 Å². The van der Waals surface area contributed by atoms with E-state index in [0.29, 0.717) is 19.0 Å². The summed E-state index contributed by atoms with van der Waals surface area (Å²) in [5, 5.41) is 8.90. The van der Waals surface area contributed by atoms with Crippen LogP contribution in [0.1, 0.15) is 45.3 Å². The van der Waals surface area contributed by atoms with Gasteiger partial charge in [0.25, 0.3) is 0 Å². The Labute approximate surface area is 113 Å². The number of carboxylic acid groups (broad SMARTS) is 1. The summed E-state index contributed by atoms with van der Waals surface area (Å²) >= 11 is 0. The minimum atomic E-state index is -0.815. The highest BCUT2D eigenvalue weighted by Gasteiger charge is 2.25. The van der Waals surface area contributed by atoms with Crippen molar-refractivity contribution in [2.24, 2.45) is 5.92 Å². The molecule has 0 atom stereocenters. The van der Waals surface area contributed by atoms with Gasteiger partial charge in [-0.3, -0.25) is 0 Å². The highest BCUT2D eigenvalue weighted by Crippen LogP contribution is 2.26. The lowest BCUT2D eigenvalue weighted by atomic mass is 9.93. The third kappa shape index (κ3) is 3.49. The first-order chi connectivity index (χ1) is 8.86. The number of carbonyl (C=O) groups is 1. The lowest BCUT2D eigenvalue weighted by Crippen LogP contribution is -2.37. The molecule has 0 aromatic carbocycles. The molecule has 0 saturated carbocycles. The zero-order valence-corrected chi connectivity index (χ0v) is 11.8. The number of likely N-dealkylation sites (tertiary alicyclic amines) is 1. The molecule has 2 rings (SSSR count). The Morgan fingerprint density at radius 2 is 2.11 bits per heavy atom. The lowest BCUT2D eigenvalue weighted by molar-refractivity contribution is 0.123. The zero-order chi connectivity index (χ0) is 14.0. The quantitative estimate of drug-likeness (QED) is 0.893. The highest BCUT2D eigenvalue weighted by molar-refractivity contribution is 5.64. The summed E-state index contributed by atoms with van der Waals surface area (Å²) < 4.78 is 5.78. The van der Waals surface area contributed by atoms with Crippen LogP contribution < -0.4 is 0 Å². The molecule has 1 fully saturated rings. The van der Waals surface area contributed by atoms with Crippen molar-refractivity contribution >= 4 is 6.09 Å². The van der Waals surface area contributed by atoms with Gasteiger partial charge in [0.1, 0.15) is 5.76 Å². The summed E-state index contributed by atoms with van der Waals surface area (Å²) in [5.74, 6) is 2.16. The maximum absolute atomic E-state index is 10.8. The van der Waals surface area contributed by atoms with Crippen molar-refractivity contribution in [3.63, 3.8) is 0 Å². The molecule has 2 heterocycles. The van der Waals surface area contributed by atoms with Gasteiger partial charge in [-0.2, -0.15) is 0 Å². The molecule has 1 saturated heterocycles. The van der Waals surface area contributed by atoms with Gasteiger partial charge in [0.15, 0.2) is 5.89 Å². The summed E-state index contributed by atoms with van der Waals surface area (Å²) in [6, 6.07) is 0. The smallest absolute Gasteiger partial charge is 0.407 e. The number of hydrogen-bond donors (Lipinski definition) is 1. The average Bonchev–Trinajstić information content (AvgIpc) is 2.78. The van der Waals surface area contributed by atoms with Gasteiger partial charge in [0.2, 0.25) is 0 Å². The predicted molar refractivity (Wildman–Crippen MR) is 71.2 cm³/mol. The van der Waals surface area contributed by atoms with Crippen molar-refractivity contribution in [2.45, 2.75) is 45.4 Å². The number of hydrogen-bond acceptors (Lipinski definition) is 3. The summed E-state index contributed by atoms with van der Waals surface area (Å²) in [5.41, 5.74) is -0.0160. The van der Waals surface area contributed by atoms with Crippen LogP contribution in [-0.4, -0.2) is 34.2 Å². The summed E-state index contributed by atoms with van der Waals surface area (Å²) in [6.45, 7) is 7.54. The second kappa shape index (κ2) is 5.23. The fraction of sp³-hybridized carbons (Fsp3) is 0.714. The van der Waals surface area contributed by atoms with Crippen LogP contribution in [0.2, 0.25) is 0 Å². The Morgan fingerprint density at radius 3 is 2.58 bits per heavy atom. The molecule has 106 valence electrons. The van der Waals surface area contributed by atoms with E-state index in [1.54, 1.807) is 0 Å². The molecule has 1 aliphatic rings. The van der Waals surface area contributed by atoms with Crippen molar-refractivity contribution in [3.8, 4) is 0 Å². The standard InChI is InChI=1S/C14H22N2O3/c1-14(2,3)11-9-15-12(19-11)8-10-4-6-16(7-5-10)13(17)18/h9-10H,4-8H2,1-3H3,(H,17,18). The topological polar surface area (TPSA) is 66.6 Å². The average molecular weight is 266 g/mol. The summed E-state index contributed by atoms with van der Waals surface area (Å²) in [7, 11) is 0. The van der Waals surface area contributed by atoms with Crippen molar-refractivity contribution in [2.75, 3.05) is 13.1 Å². The van der Waals surface area contributed by atoms with Crippen molar-refractivity contribution in [1.29, 1.82) is 0 Å². The third-order valence-electron chi connectivity index (χ3n) is 3.64. The molecule has 19 heavy (non-hydrogen) atoms. The van der Waals surface area contributed by atoms with E-state index >= 15 is 0 Å². The first-order valence-electron chi connectivity index (χ1n) is 6.79. The van der Waals surface area contributed by atoms with Crippen LogP contribution in [0.4, 0.5) is 4.79 Å². The van der Waals surface area contributed by atoms with Crippen LogP contribution >= 0.6 is 0 Å². The normalized spacial score (nSPS) is 17.7. The van der Waals surface area contributed by atoms with Gasteiger partial charge < -0.3 is 14.4 Å². The molecular weight excluding hydrogens is 244 g/mol. The van der Waals surface area contributed by atoms with Crippen LogP contribution in [0, 0.1) is 5.92 Å². The van der Waals surface area contributed by atoms with Gasteiger partial charge in [-0.25, -0.2) is 9.78 Å². The molecular formula is C14H22N2O3. The van der Waals surface area contributed by atoms with E-state index < -0.39 is 6.09 Å². The van der Waals surface area contributed by atoms with Crippen LogP contribution in [0.3, 0.4) is 0 Å². The molecule has 1 aliphatic heterocycles. The number of amides is 1. The zero-order valence-electron chi connectivity index (χ0n) is 11.8.